The highest BCUT2D eigenvalue weighted by Crippen LogP contribution is 2.32. The average molecular weight is 293 g/mol. The van der Waals surface area contributed by atoms with Crippen LogP contribution in [0, 0.1) is 5.92 Å². The quantitative estimate of drug-likeness (QED) is 0.881. The number of nitrogens with zero attached hydrogens (tertiary/aromatic N) is 3. The zero-order chi connectivity index (χ0) is 14.3. The van der Waals surface area contributed by atoms with Crippen molar-refractivity contribution < 1.29 is 4.79 Å². The second kappa shape index (κ2) is 5.05. The number of hydrogen-bond acceptors (Lipinski definition) is 3. The van der Waals surface area contributed by atoms with E-state index in [1.807, 2.05) is 18.2 Å². The Morgan fingerprint density at radius 2 is 2.35 bits per heavy atom. The van der Waals surface area contributed by atoms with Gasteiger partial charge < -0.3 is 5.32 Å². The van der Waals surface area contributed by atoms with Gasteiger partial charge in [0.2, 0.25) is 0 Å². The third-order valence-corrected chi connectivity index (χ3v) is 4.01. The second-order valence-electron chi connectivity index (χ2n) is 5.31. The first-order valence-corrected chi connectivity index (χ1v) is 7.31. The summed E-state index contributed by atoms with van der Waals surface area (Å²) >= 11 is 6.02. The summed E-state index contributed by atoms with van der Waals surface area (Å²) in [5.74, 6) is 0.430. The van der Waals surface area contributed by atoms with E-state index < -0.39 is 0 Å². The van der Waals surface area contributed by atoms with E-state index in [4.69, 9.17) is 11.6 Å². The standard InChI is InChI=1S/C14H17ClN4O/c1-3-10-6-11(15)18-13-12(16-7-19(10)13)14(20)17-8(2)9-4-5-9/h6-9H,3-5H2,1-2H3,(H,17,20)/t8-/m0/s1. The van der Waals surface area contributed by atoms with Crippen LogP contribution in [0.2, 0.25) is 5.15 Å². The smallest absolute Gasteiger partial charge is 0.274 e. The number of halogens is 1. The van der Waals surface area contributed by atoms with E-state index in [0.29, 0.717) is 22.4 Å². The SMILES string of the molecule is CCc1cc(Cl)nc2c(C(=O)N[C@@H](C)C3CC3)ncn12. The van der Waals surface area contributed by atoms with Crippen LogP contribution in [0.1, 0.15) is 42.9 Å². The van der Waals surface area contributed by atoms with E-state index in [1.165, 1.54) is 12.8 Å². The number of hydrogen-bond donors (Lipinski definition) is 1. The Morgan fingerprint density at radius 1 is 1.60 bits per heavy atom. The normalized spacial score (nSPS) is 16.4. The molecule has 2 aromatic rings. The molecule has 106 valence electrons. The Labute approximate surface area is 122 Å². The number of amides is 1. The molecule has 3 rings (SSSR count). The summed E-state index contributed by atoms with van der Waals surface area (Å²) in [5, 5.41) is 3.38. The van der Waals surface area contributed by atoms with Crippen LogP contribution in [0.5, 0.6) is 0 Å². The van der Waals surface area contributed by atoms with Gasteiger partial charge in [-0.2, -0.15) is 0 Å². The maximum atomic E-state index is 12.3. The molecular weight excluding hydrogens is 276 g/mol. The molecule has 1 aliphatic rings. The Hall–Kier alpha value is -1.62. The van der Waals surface area contributed by atoms with Gasteiger partial charge in [0.25, 0.3) is 5.91 Å². The minimum absolute atomic E-state index is 0.177. The maximum absolute atomic E-state index is 12.3. The molecule has 1 saturated carbocycles. The van der Waals surface area contributed by atoms with Crippen molar-refractivity contribution >= 4 is 23.2 Å². The van der Waals surface area contributed by atoms with Crippen LogP contribution >= 0.6 is 11.6 Å². The maximum Gasteiger partial charge on any atom is 0.274 e. The number of nitrogens with one attached hydrogen (secondary N) is 1. The first kappa shape index (κ1) is 13.4. The Morgan fingerprint density at radius 3 is 3.00 bits per heavy atom. The highest BCUT2D eigenvalue weighted by molar-refractivity contribution is 6.29. The molecule has 1 atom stereocenters. The van der Waals surface area contributed by atoms with Crippen molar-refractivity contribution in [3.8, 4) is 0 Å². The van der Waals surface area contributed by atoms with E-state index in [-0.39, 0.29) is 11.9 Å². The third-order valence-electron chi connectivity index (χ3n) is 3.82. The van der Waals surface area contributed by atoms with Crippen molar-refractivity contribution in [1.29, 1.82) is 0 Å². The van der Waals surface area contributed by atoms with Crippen molar-refractivity contribution in [2.75, 3.05) is 0 Å². The molecule has 0 unspecified atom stereocenters. The van der Waals surface area contributed by atoms with Gasteiger partial charge in [-0.05, 0) is 38.2 Å². The lowest BCUT2D eigenvalue weighted by Gasteiger charge is -2.11. The Bertz CT molecular complexity index is 662. The first-order valence-electron chi connectivity index (χ1n) is 6.93. The van der Waals surface area contributed by atoms with E-state index in [2.05, 4.69) is 15.3 Å². The van der Waals surface area contributed by atoms with Crippen LogP contribution in [-0.4, -0.2) is 26.3 Å². The Kier molecular flexibility index (Phi) is 3.38. The molecule has 0 aliphatic heterocycles. The molecule has 1 aliphatic carbocycles. The fourth-order valence-corrected chi connectivity index (χ4v) is 2.63. The number of rotatable bonds is 4. The van der Waals surface area contributed by atoms with Gasteiger partial charge in [-0.25, -0.2) is 9.97 Å². The predicted molar refractivity (Wildman–Crippen MR) is 77.0 cm³/mol. The van der Waals surface area contributed by atoms with Gasteiger partial charge in [-0.1, -0.05) is 18.5 Å². The fourth-order valence-electron chi connectivity index (χ4n) is 2.42. The molecule has 6 heteroatoms. The zero-order valence-corrected chi connectivity index (χ0v) is 12.3. The lowest BCUT2D eigenvalue weighted by Crippen LogP contribution is -2.34. The van der Waals surface area contributed by atoms with Crippen molar-refractivity contribution in [1.82, 2.24) is 19.7 Å². The summed E-state index contributed by atoms with van der Waals surface area (Å²) in [7, 11) is 0. The summed E-state index contributed by atoms with van der Waals surface area (Å²) in [6.07, 6.45) is 4.81. The van der Waals surface area contributed by atoms with E-state index in [9.17, 15) is 4.79 Å². The molecule has 0 saturated heterocycles. The molecule has 2 heterocycles. The van der Waals surface area contributed by atoms with Crippen molar-refractivity contribution in [3.63, 3.8) is 0 Å². The Balaban J connectivity index is 1.94. The largest absolute Gasteiger partial charge is 0.348 e. The van der Waals surface area contributed by atoms with Gasteiger partial charge in [0, 0.05) is 11.7 Å². The molecule has 0 bridgehead atoms. The number of carbonyl (C=O) groups is 1. The summed E-state index contributed by atoms with van der Waals surface area (Å²) < 4.78 is 1.82. The van der Waals surface area contributed by atoms with Gasteiger partial charge in [-0.15, -0.1) is 0 Å². The number of imidazole rings is 1. The molecule has 0 radical (unpaired) electrons. The van der Waals surface area contributed by atoms with Gasteiger partial charge in [-0.3, -0.25) is 9.20 Å². The number of fused-ring (bicyclic) bond motifs is 1. The number of carbonyl (C=O) groups excluding carboxylic acids is 1. The minimum Gasteiger partial charge on any atom is -0.348 e. The highest BCUT2D eigenvalue weighted by Gasteiger charge is 2.30. The summed E-state index contributed by atoms with van der Waals surface area (Å²) in [4.78, 5) is 20.7. The number of aromatic nitrogens is 3. The van der Waals surface area contributed by atoms with Crippen molar-refractivity contribution in [2.45, 2.75) is 39.2 Å². The first-order chi connectivity index (χ1) is 9.60. The van der Waals surface area contributed by atoms with Crippen molar-refractivity contribution in [2.24, 2.45) is 5.92 Å². The zero-order valence-electron chi connectivity index (χ0n) is 11.6. The molecule has 1 amide bonds. The van der Waals surface area contributed by atoms with Gasteiger partial charge in [0.1, 0.15) is 11.5 Å². The number of aryl methyl sites for hydroxylation is 1. The van der Waals surface area contributed by atoms with Gasteiger partial charge >= 0.3 is 0 Å². The van der Waals surface area contributed by atoms with Crippen LogP contribution in [0.4, 0.5) is 0 Å². The topological polar surface area (TPSA) is 59.3 Å². The molecule has 0 aromatic carbocycles. The third kappa shape index (κ3) is 2.38. The van der Waals surface area contributed by atoms with Crippen LogP contribution in [-0.2, 0) is 6.42 Å². The van der Waals surface area contributed by atoms with Crippen LogP contribution < -0.4 is 5.32 Å². The molecule has 2 aromatic heterocycles. The lowest BCUT2D eigenvalue weighted by atomic mass is 10.2. The van der Waals surface area contributed by atoms with Crippen LogP contribution in [0.15, 0.2) is 12.4 Å². The molecule has 0 spiro atoms. The molecular formula is C14H17ClN4O. The second-order valence-corrected chi connectivity index (χ2v) is 5.70. The van der Waals surface area contributed by atoms with E-state index in [1.54, 1.807) is 12.4 Å². The molecule has 1 fully saturated rings. The summed E-state index contributed by atoms with van der Waals surface area (Å²) in [5.41, 5.74) is 1.85. The van der Waals surface area contributed by atoms with Crippen LogP contribution in [0.25, 0.3) is 5.65 Å². The fraction of sp³-hybridized carbons (Fsp3) is 0.500. The molecule has 5 nitrogen and oxygen atoms in total. The monoisotopic (exact) mass is 292 g/mol. The molecule has 1 N–H and O–H groups in total. The highest BCUT2D eigenvalue weighted by atomic mass is 35.5. The van der Waals surface area contributed by atoms with E-state index >= 15 is 0 Å². The lowest BCUT2D eigenvalue weighted by molar-refractivity contribution is 0.0933. The van der Waals surface area contributed by atoms with Gasteiger partial charge in [0.05, 0.1) is 0 Å². The van der Waals surface area contributed by atoms with Gasteiger partial charge in [0.15, 0.2) is 11.3 Å². The van der Waals surface area contributed by atoms with Crippen molar-refractivity contribution in [3.05, 3.63) is 28.9 Å². The van der Waals surface area contributed by atoms with E-state index in [0.717, 1.165) is 12.1 Å². The minimum atomic E-state index is -0.177. The summed E-state index contributed by atoms with van der Waals surface area (Å²) in [6, 6.07) is 1.98. The van der Waals surface area contributed by atoms with Crippen LogP contribution in [0.3, 0.4) is 0 Å². The molecule has 20 heavy (non-hydrogen) atoms. The predicted octanol–water partition coefficient (Wildman–Crippen LogP) is 2.47. The summed E-state index contributed by atoms with van der Waals surface area (Å²) in [6.45, 7) is 4.06. The average Bonchev–Trinajstić information content (AvgIpc) is 3.18.